The van der Waals surface area contributed by atoms with Crippen LogP contribution in [0.4, 0.5) is 15.1 Å². The van der Waals surface area contributed by atoms with Crippen LogP contribution < -0.4 is 5.32 Å². The molecule has 0 saturated heterocycles. The molecule has 2 heterocycles. The maximum atomic E-state index is 14.5. The molecule has 0 fully saturated rings. The smallest absolute Gasteiger partial charge is 0.414 e. The average Bonchev–Trinajstić information content (AvgIpc) is 3.00. The number of nitrogens with zero attached hydrogens (tertiary/aromatic N) is 3. The van der Waals surface area contributed by atoms with E-state index in [1.807, 2.05) is 0 Å². The molecule has 1 N–H and O–H groups in total. The van der Waals surface area contributed by atoms with Crippen LogP contribution in [0.5, 0.6) is 0 Å². The lowest BCUT2D eigenvalue weighted by Gasteiger charge is -2.18. The first-order valence-electron chi connectivity index (χ1n) is 8.82. The largest absolute Gasteiger partial charge is 0.465 e. The van der Waals surface area contributed by atoms with Crippen LogP contribution in [0.1, 0.15) is 36.7 Å². The topological polar surface area (TPSA) is 94.8 Å². The number of benzene rings is 1. The van der Waals surface area contributed by atoms with Gasteiger partial charge in [-0.05, 0) is 63.1 Å². The summed E-state index contributed by atoms with van der Waals surface area (Å²) < 4.78 is 25.9. The number of nitrogens with one attached hydrogen (secondary N) is 1. The molecule has 0 radical (unpaired) electrons. The lowest BCUT2D eigenvalue weighted by atomic mass is 9.99. The number of rotatable bonds is 3. The molecule has 29 heavy (non-hydrogen) atoms. The Labute approximate surface area is 166 Å². The molecular weight excluding hydrogens is 379 g/mol. The van der Waals surface area contributed by atoms with Crippen molar-refractivity contribution in [1.29, 1.82) is 0 Å². The lowest BCUT2D eigenvalue weighted by molar-refractivity contribution is 0.0597. The maximum absolute atomic E-state index is 14.5. The van der Waals surface area contributed by atoms with E-state index in [4.69, 9.17) is 9.47 Å². The molecule has 0 aliphatic carbocycles. The molecule has 1 aromatic carbocycles. The minimum absolute atomic E-state index is 0.0519. The number of amides is 1. The zero-order valence-corrected chi connectivity index (χ0v) is 16.7. The highest BCUT2D eigenvalue weighted by atomic mass is 19.1. The number of carbonyl (C=O) groups is 2. The van der Waals surface area contributed by atoms with Crippen LogP contribution in [0.15, 0.2) is 30.5 Å². The van der Waals surface area contributed by atoms with Crippen molar-refractivity contribution in [2.75, 3.05) is 12.4 Å². The van der Waals surface area contributed by atoms with Crippen molar-refractivity contribution in [2.24, 2.45) is 0 Å². The summed E-state index contributed by atoms with van der Waals surface area (Å²) >= 11 is 0. The van der Waals surface area contributed by atoms with Gasteiger partial charge in [-0.25, -0.2) is 18.5 Å². The van der Waals surface area contributed by atoms with Crippen LogP contribution >= 0.6 is 0 Å². The molecule has 3 rings (SSSR count). The Hall–Kier alpha value is -3.49. The molecule has 8 nitrogen and oxygen atoms in total. The average molecular weight is 400 g/mol. The molecule has 0 atom stereocenters. The van der Waals surface area contributed by atoms with E-state index in [0.717, 1.165) is 0 Å². The Bertz CT molecular complexity index is 1100. The highest BCUT2D eigenvalue weighted by Gasteiger charge is 2.19. The number of carbonyl (C=O) groups excluding carboxylic acids is 2. The summed E-state index contributed by atoms with van der Waals surface area (Å²) in [6, 6.07) is 5.96. The van der Waals surface area contributed by atoms with Crippen LogP contribution in [0.25, 0.3) is 16.8 Å². The molecule has 0 spiro atoms. The Morgan fingerprint density at radius 2 is 1.93 bits per heavy atom. The van der Waals surface area contributed by atoms with Crippen LogP contribution in [-0.4, -0.2) is 39.4 Å². The van der Waals surface area contributed by atoms with E-state index in [0.29, 0.717) is 16.8 Å². The van der Waals surface area contributed by atoms with E-state index in [2.05, 4.69) is 15.4 Å². The standard InChI is InChI=1S/C20H21FN4O4/c1-11-8-15(21)14(10-13(11)17(26)28-5)12-6-7-25-16(9-12)22-18(24-25)23-19(27)29-20(2,3)4/h6-10H,1-5H3,(H,23,24,27). The number of esters is 1. The number of ether oxygens (including phenoxy) is 2. The SMILES string of the molecule is COC(=O)c1cc(-c2ccn3nc(NC(=O)OC(C)(C)C)nc3c2)c(F)cc1C. The second-order valence-electron chi connectivity index (χ2n) is 7.42. The fourth-order valence-corrected chi connectivity index (χ4v) is 2.72. The lowest BCUT2D eigenvalue weighted by Crippen LogP contribution is -2.27. The summed E-state index contributed by atoms with van der Waals surface area (Å²) in [5, 5.41) is 6.60. The molecule has 152 valence electrons. The number of aryl methyl sites for hydroxylation is 1. The van der Waals surface area contributed by atoms with Gasteiger partial charge in [0.1, 0.15) is 11.4 Å². The molecule has 0 unspecified atom stereocenters. The summed E-state index contributed by atoms with van der Waals surface area (Å²) in [7, 11) is 1.27. The van der Waals surface area contributed by atoms with Crippen molar-refractivity contribution in [3.05, 3.63) is 47.4 Å². The molecule has 0 aliphatic rings. The maximum Gasteiger partial charge on any atom is 0.414 e. The van der Waals surface area contributed by atoms with Gasteiger partial charge in [-0.1, -0.05) is 0 Å². The van der Waals surface area contributed by atoms with Gasteiger partial charge in [-0.15, -0.1) is 5.10 Å². The van der Waals surface area contributed by atoms with E-state index in [-0.39, 0.29) is 17.1 Å². The third-order valence-electron chi connectivity index (χ3n) is 3.98. The molecule has 0 saturated carbocycles. The van der Waals surface area contributed by atoms with Crippen LogP contribution in [0, 0.1) is 12.7 Å². The number of anilines is 1. The van der Waals surface area contributed by atoms with Gasteiger partial charge < -0.3 is 9.47 Å². The number of fused-ring (bicyclic) bond motifs is 1. The second-order valence-corrected chi connectivity index (χ2v) is 7.42. The fraction of sp³-hybridized carbons (Fsp3) is 0.300. The van der Waals surface area contributed by atoms with Gasteiger partial charge >= 0.3 is 12.1 Å². The van der Waals surface area contributed by atoms with E-state index in [1.165, 1.54) is 23.8 Å². The highest BCUT2D eigenvalue weighted by molar-refractivity contribution is 5.92. The third kappa shape index (κ3) is 4.50. The Morgan fingerprint density at radius 3 is 2.59 bits per heavy atom. The Balaban J connectivity index is 1.94. The summed E-state index contributed by atoms with van der Waals surface area (Å²) in [5.74, 6) is -0.974. The fourth-order valence-electron chi connectivity index (χ4n) is 2.72. The van der Waals surface area contributed by atoms with Crippen LogP contribution in [0.3, 0.4) is 0 Å². The minimum Gasteiger partial charge on any atom is -0.465 e. The number of hydrogen-bond donors (Lipinski definition) is 1. The van der Waals surface area contributed by atoms with Crippen molar-refractivity contribution in [3.63, 3.8) is 0 Å². The van der Waals surface area contributed by atoms with Gasteiger partial charge in [-0.3, -0.25) is 5.32 Å². The van der Waals surface area contributed by atoms with Crippen molar-refractivity contribution in [3.8, 4) is 11.1 Å². The molecule has 1 amide bonds. The third-order valence-corrected chi connectivity index (χ3v) is 3.98. The highest BCUT2D eigenvalue weighted by Crippen LogP contribution is 2.27. The number of methoxy groups -OCH3 is 1. The zero-order chi connectivity index (χ0) is 21.3. The summed E-state index contributed by atoms with van der Waals surface area (Å²) in [6.45, 7) is 6.87. The molecule has 9 heteroatoms. The van der Waals surface area contributed by atoms with Crippen molar-refractivity contribution in [2.45, 2.75) is 33.3 Å². The van der Waals surface area contributed by atoms with E-state index in [1.54, 1.807) is 46.0 Å². The normalized spacial score (nSPS) is 11.4. The second kappa shape index (κ2) is 7.50. The zero-order valence-electron chi connectivity index (χ0n) is 16.7. The van der Waals surface area contributed by atoms with Gasteiger partial charge in [-0.2, -0.15) is 4.98 Å². The van der Waals surface area contributed by atoms with Gasteiger partial charge in [0.15, 0.2) is 5.65 Å². The number of pyridine rings is 1. The number of hydrogen-bond acceptors (Lipinski definition) is 6. The van der Waals surface area contributed by atoms with Crippen LogP contribution in [0.2, 0.25) is 0 Å². The van der Waals surface area contributed by atoms with Gasteiger partial charge in [0.2, 0.25) is 0 Å². The summed E-state index contributed by atoms with van der Waals surface area (Å²) in [4.78, 5) is 28.0. The van der Waals surface area contributed by atoms with E-state index < -0.39 is 23.5 Å². The number of halogens is 1. The first-order chi connectivity index (χ1) is 13.6. The van der Waals surface area contributed by atoms with E-state index in [9.17, 15) is 14.0 Å². The first-order valence-corrected chi connectivity index (χ1v) is 8.82. The summed E-state index contributed by atoms with van der Waals surface area (Å²) in [5.41, 5.74) is 1.20. The molecular formula is C20H21FN4O4. The predicted molar refractivity (Wildman–Crippen MR) is 104 cm³/mol. The minimum atomic E-state index is -0.680. The molecule has 0 aliphatic heterocycles. The molecule has 0 bridgehead atoms. The van der Waals surface area contributed by atoms with Crippen molar-refractivity contribution < 1.29 is 23.5 Å². The molecule has 2 aromatic heterocycles. The monoisotopic (exact) mass is 400 g/mol. The Kier molecular flexibility index (Phi) is 5.23. The quantitative estimate of drug-likeness (QED) is 0.669. The van der Waals surface area contributed by atoms with Crippen LogP contribution in [-0.2, 0) is 9.47 Å². The number of aromatic nitrogens is 3. The Morgan fingerprint density at radius 1 is 1.21 bits per heavy atom. The van der Waals surface area contributed by atoms with E-state index >= 15 is 0 Å². The first kappa shape index (κ1) is 20.2. The predicted octanol–water partition coefficient (Wildman–Crippen LogP) is 3.98. The van der Waals surface area contributed by atoms with Crippen molar-refractivity contribution in [1.82, 2.24) is 14.6 Å². The summed E-state index contributed by atoms with van der Waals surface area (Å²) in [6.07, 6.45) is 0.899. The van der Waals surface area contributed by atoms with Gasteiger partial charge in [0.05, 0.1) is 12.7 Å². The van der Waals surface area contributed by atoms with Gasteiger partial charge in [0.25, 0.3) is 5.95 Å². The molecule has 3 aromatic rings. The van der Waals surface area contributed by atoms with Crippen molar-refractivity contribution >= 4 is 23.7 Å². The van der Waals surface area contributed by atoms with Gasteiger partial charge in [0, 0.05) is 11.8 Å².